The van der Waals surface area contributed by atoms with Crippen LogP contribution in [0.1, 0.15) is 27.7 Å². The molecule has 4 rings (SSSR count). The number of carbonyl (C=O) groups is 1. The summed E-state index contributed by atoms with van der Waals surface area (Å²) in [5, 5.41) is 10.4. The Morgan fingerprint density at radius 1 is 1.21 bits per heavy atom. The number of benzene rings is 2. The van der Waals surface area contributed by atoms with E-state index in [9.17, 15) is 14.3 Å². The van der Waals surface area contributed by atoms with Crippen LogP contribution in [0.5, 0.6) is 5.75 Å². The quantitative estimate of drug-likeness (QED) is 0.519. The summed E-state index contributed by atoms with van der Waals surface area (Å²) < 4.78 is 35.5. The van der Waals surface area contributed by atoms with Gasteiger partial charge in [0.05, 0.1) is 10.6 Å². The third kappa shape index (κ3) is 4.44. The van der Waals surface area contributed by atoms with Crippen LogP contribution in [-0.2, 0) is 4.74 Å². The Morgan fingerprint density at radius 3 is 2.59 bits per heavy atom. The highest BCUT2D eigenvalue weighted by Gasteiger charge is 2.32. The summed E-state index contributed by atoms with van der Waals surface area (Å²) in [5.41, 5.74) is -1.24. The zero-order chi connectivity index (χ0) is 24.8. The maximum absolute atomic E-state index is 15.6. The Morgan fingerprint density at radius 2 is 1.94 bits per heavy atom. The van der Waals surface area contributed by atoms with Crippen LogP contribution in [0.25, 0.3) is 22.0 Å². The average Bonchev–Trinajstić information content (AvgIpc) is 2.74. The Hall–Kier alpha value is -3.20. The first kappa shape index (κ1) is 23.9. The molecule has 0 aliphatic carbocycles. The molecule has 180 valence electrons. The van der Waals surface area contributed by atoms with Crippen LogP contribution in [0.3, 0.4) is 0 Å². The van der Waals surface area contributed by atoms with E-state index in [4.69, 9.17) is 16.3 Å². The lowest BCUT2D eigenvalue weighted by Gasteiger charge is -2.40. The molecule has 0 saturated carbocycles. The first-order valence-electron chi connectivity index (χ1n) is 10.8. The zero-order valence-corrected chi connectivity index (χ0v) is 20.0. The van der Waals surface area contributed by atoms with E-state index in [0.29, 0.717) is 30.8 Å². The molecule has 0 bridgehead atoms. The number of hydrogen-bond donors (Lipinski definition) is 1. The van der Waals surface area contributed by atoms with Gasteiger partial charge in [0.25, 0.3) is 0 Å². The number of rotatable bonds is 2. The number of nitrogens with zero attached hydrogens (tertiary/aromatic N) is 4. The molecule has 1 aliphatic rings. The number of fused-ring (bicyclic) bond motifs is 1. The fraction of sp³-hybridized carbons (Fsp3) is 0.375. The summed E-state index contributed by atoms with van der Waals surface area (Å²) in [6, 6.07) is 4.98. The number of phenols is 1. The van der Waals surface area contributed by atoms with Crippen molar-refractivity contribution in [2.75, 3.05) is 24.5 Å². The van der Waals surface area contributed by atoms with E-state index in [1.54, 1.807) is 4.90 Å². The van der Waals surface area contributed by atoms with Crippen LogP contribution in [0.4, 0.5) is 19.4 Å². The van der Waals surface area contributed by atoms with Crippen LogP contribution in [0.2, 0.25) is 5.02 Å². The van der Waals surface area contributed by atoms with Gasteiger partial charge in [-0.2, -0.15) is 0 Å². The first-order chi connectivity index (χ1) is 16.0. The van der Waals surface area contributed by atoms with Crippen LogP contribution < -0.4 is 4.90 Å². The molecule has 0 radical (unpaired) electrons. The smallest absolute Gasteiger partial charge is 0.410 e. The van der Waals surface area contributed by atoms with Gasteiger partial charge in [0, 0.05) is 36.6 Å². The molecule has 1 unspecified atom stereocenters. The summed E-state index contributed by atoms with van der Waals surface area (Å²) in [5.74, 6) is -1.64. The molecule has 1 fully saturated rings. The van der Waals surface area contributed by atoms with Gasteiger partial charge in [-0.3, -0.25) is 0 Å². The van der Waals surface area contributed by atoms with Gasteiger partial charge in [-0.15, -0.1) is 0 Å². The number of halogens is 3. The van der Waals surface area contributed by atoms with E-state index in [1.165, 1.54) is 24.5 Å². The molecule has 1 saturated heterocycles. The predicted molar refractivity (Wildman–Crippen MR) is 126 cm³/mol. The third-order valence-electron chi connectivity index (χ3n) is 5.60. The van der Waals surface area contributed by atoms with Crippen molar-refractivity contribution in [3.63, 3.8) is 0 Å². The number of aromatic hydroxyl groups is 1. The summed E-state index contributed by atoms with van der Waals surface area (Å²) in [6.07, 6.45) is 0.834. The molecule has 1 N–H and O–H groups in total. The Balaban J connectivity index is 1.70. The number of amides is 1. The van der Waals surface area contributed by atoms with E-state index in [0.717, 1.165) is 6.07 Å². The van der Waals surface area contributed by atoms with Gasteiger partial charge in [-0.25, -0.2) is 23.5 Å². The van der Waals surface area contributed by atoms with Gasteiger partial charge in [0.15, 0.2) is 5.82 Å². The highest BCUT2D eigenvalue weighted by atomic mass is 35.5. The molecule has 2 heterocycles. The van der Waals surface area contributed by atoms with Crippen molar-refractivity contribution in [3.8, 4) is 16.9 Å². The van der Waals surface area contributed by atoms with Crippen LogP contribution in [0.15, 0.2) is 30.6 Å². The van der Waals surface area contributed by atoms with Crippen LogP contribution >= 0.6 is 11.6 Å². The molecule has 7 nitrogen and oxygen atoms in total. The minimum absolute atomic E-state index is 0.0470. The number of hydrogen-bond acceptors (Lipinski definition) is 6. The van der Waals surface area contributed by atoms with Gasteiger partial charge in [-0.05, 0) is 45.9 Å². The Bertz CT molecular complexity index is 1240. The number of aromatic nitrogens is 2. The van der Waals surface area contributed by atoms with Crippen molar-refractivity contribution in [1.29, 1.82) is 0 Å². The molecule has 1 aliphatic heterocycles. The lowest BCUT2D eigenvalue weighted by atomic mass is 10.0. The molecule has 1 aromatic heterocycles. The highest BCUT2D eigenvalue weighted by molar-refractivity contribution is 6.34. The van der Waals surface area contributed by atoms with Gasteiger partial charge >= 0.3 is 6.09 Å². The fourth-order valence-electron chi connectivity index (χ4n) is 4.10. The van der Waals surface area contributed by atoms with Crippen molar-refractivity contribution >= 4 is 34.4 Å². The van der Waals surface area contributed by atoms with E-state index in [-0.39, 0.29) is 27.7 Å². The van der Waals surface area contributed by atoms with Crippen molar-refractivity contribution in [3.05, 3.63) is 47.2 Å². The maximum atomic E-state index is 15.6. The van der Waals surface area contributed by atoms with Crippen molar-refractivity contribution < 1.29 is 23.4 Å². The molecular formula is C24H25ClF2N4O3. The minimum atomic E-state index is -0.855. The third-order valence-corrected chi connectivity index (χ3v) is 5.89. The fourth-order valence-corrected chi connectivity index (χ4v) is 4.39. The Labute approximate surface area is 200 Å². The lowest BCUT2D eigenvalue weighted by Crippen LogP contribution is -2.55. The van der Waals surface area contributed by atoms with Crippen LogP contribution in [0, 0.1) is 11.6 Å². The first-order valence-corrected chi connectivity index (χ1v) is 11.2. The van der Waals surface area contributed by atoms with Gasteiger partial charge in [0.1, 0.15) is 34.8 Å². The molecule has 0 spiro atoms. The second kappa shape index (κ2) is 8.87. The van der Waals surface area contributed by atoms with E-state index in [1.807, 2.05) is 32.6 Å². The average molecular weight is 491 g/mol. The maximum Gasteiger partial charge on any atom is 0.410 e. The molecule has 1 atom stereocenters. The van der Waals surface area contributed by atoms with Crippen LogP contribution in [-0.4, -0.2) is 57.3 Å². The summed E-state index contributed by atoms with van der Waals surface area (Å²) >= 11 is 6.39. The van der Waals surface area contributed by atoms with Gasteiger partial charge in [0.2, 0.25) is 0 Å². The standard InChI is InChI=1S/C24H25ClF2N4O3/c1-13-11-30(8-9-31(13)23(33)34-24(2,3)4)22-14-10-15(25)18(20(27)21(14)28-12-29-22)19-16(26)6-5-7-17(19)32/h5-7,10,12-13,32H,8-9,11H2,1-4H3. The number of ether oxygens (including phenoxy) is 1. The van der Waals surface area contributed by atoms with Gasteiger partial charge < -0.3 is 19.6 Å². The lowest BCUT2D eigenvalue weighted by molar-refractivity contribution is 0.0159. The van der Waals surface area contributed by atoms with E-state index < -0.39 is 29.1 Å². The second-order valence-corrected chi connectivity index (χ2v) is 9.65. The SMILES string of the molecule is CC1CN(c2ncnc3c(F)c(-c4c(O)cccc4F)c(Cl)cc23)CCN1C(=O)OC(C)(C)C. The number of phenolic OH excluding ortho intramolecular Hbond substituents is 1. The molecular weight excluding hydrogens is 466 g/mol. The molecule has 34 heavy (non-hydrogen) atoms. The highest BCUT2D eigenvalue weighted by Crippen LogP contribution is 2.42. The van der Waals surface area contributed by atoms with E-state index >= 15 is 4.39 Å². The Kier molecular flexibility index (Phi) is 6.24. The second-order valence-electron chi connectivity index (χ2n) is 9.24. The molecule has 2 aromatic carbocycles. The summed E-state index contributed by atoms with van der Waals surface area (Å²) in [7, 11) is 0. The van der Waals surface area contributed by atoms with Crippen molar-refractivity contribution in [2.45, 2.75) is 39.3 Å². The van der Waals surface area contributed by atoms with Gasteiger partial charge in [-0.1, -0.05) is 17.7 Å². The van der Waals surface area contributed by atoms with E-state index in [2.05, 4.69) is 9.97 Å². The molecule has 3 aromatic rings. The predicted octanol–water partition coefficient (Wildman–Crippen LogP) is 5.38. The topological polar surface area (TPSA) is 78.8 Å². The minimum Gasteiger partial charge on any atom is -0.507 e. The number of anilines is 1. The molecule has 1 amide bonds. The monoisotopic (exact) mass is 490 g/mol. The summed E-state index contributed by atoms with van der Waals surface area (Å²) in [6.45, 7) is 8.58. The zero-order valence-electron chi connectivity index (χ0n) is 19.3. The van der Waals surface area contributed by atoms with Crippen molar-refractivity contribution in [1.82, 2.24) is 14.9 Å². The number of piperazine rings is 1. The largest absolute Gasteiger partial charge is 0.507 e. The molecule has 10 heteroatoms. The summed E-state index contributed by atoms with van der Waals surface area (Å²) in [4.78, 5) is 24.5. The van der Waals surface area contributed by atoms with Crippen molar-refractivity contribution in [2.24, 2.45) is 0 Å². The number of carbonyl (C=O) groups excluding carboxylic acids is 1. The normalized spacial score (nSPS) is 16.7.